The smallest absolute Gasteiger partial charge is 0.139 e. The third-order valence-corrected chi connectivity index (χ3v) is 5.98. The van der Waals surface area contributed by atoms with Gasteiger partial charge in [0, 0.05) is 36.0 Å². The number of rotatable bonds is 2. The van der Waals surface area contributed by atoms with E-state index in [0.29, 0.717) is 0 Å². The van der Waals surface area contributed by atoms with Crippen molar-refractivity contribution in [2.24, 2.45) is 0 Å². The summed E-state index contributed by atoms with van der Waals surface area (Å²) < 4.78 is 12.4. The fourth-order valence-corrected chi connectivity index (χ4v) is 4.53. The van der Waals surface area contributed by atoms with Crippen molar-refractivity contribution >= 4 is 21.9 Å². The van der Waals surface area contributed by atoms with E-state index in [-0.39, 0.29) is 5.60 Å². The van der Waals surface area contributed by atoms with Gasteiger partial charge < -0.3 is 9.15 Å². The van der Waals surface area contributed by atoms with Crippen LogP contribution in [0.2, 0.25) is 0 Å². The lowest BCUT2D eigenvalue weighted by molar-refractivity contribution is -0.0576. The average Bonchev–Trinajstić information content (AvgIpc) is 3.04. The number of hydrogen-bond acceptors (Lipinski definition) is 3. The largest absolute Gasteiger partial charge is 0.456 e. The number of para-hydroxylation sites is 2. The summed E-state index contributed by atoms with van der Waals surface area (Å²) in [6.07, 6.45) is 5.63. The first-order valence-electron chi connectivity index (χ1n) is 9.66. The van der Waals surface area contributed by atoms with Crippen LogP contribution in [-0.2, 0) is 11.3 Å². The van der Waals surface area contributed by atoms with Crippen LogP contribution < -0.4 is 0 Å². The van der Waals surface area contributed by atoms with Gasteiger partial charge in [0.05, 0.1) is 12.2 Å². The maximum absolute atomic E-state index is 6.19. The zero-order chi connectivity index (χ0) is 17.6. The predicted molar refractivity (Wildman–Crippen MR) is 105 cm³/mol. The summed E-state index contributed by atoms with van der Waals surface area (Å²) >= 11 is 0. The molecular weight excluding hydrogens is 322 g/mol. The quantitative estimate of drug-likeness (QED) is 0.589. The van der Waals surface area contributed by atoms with Gasteiger partial charge in [-0.25, -0.2) is 0 Å². The molecule has 1 aromatic heterocycles. The van der Waals surface area contributed by atoms with E-state index in [1.807, 2.05) is 6.07 Å². The molecule has 0 unspecified atom stereocenters. The van der Waals surface area contributed by atoms with E-state index in [1.165, 1.54) is 21.9 Å². The zero-order valence-electron chi connectivity index (χ0n) is 15.3. The fourth-order valence-electron chi connectivity index (χ4n) is 4.53. The summed E-state index contributed by atoms with van der Waals surface area (Å²) in [5.74, 6) is 0. The maximum Gasteiger partial charge on any atom is 0.139 e. The van der Waals surface area contributed by atoms with Crippen LogP contribution in [0.4, 0.5) is 0 Å². The summed E-state index contributed by atoms with van der Waals surface area (Å²) in [4.78, 5) is 2.54. The van der Waals surface area contributed by atoms with Gasteiger partial charge in [0.2, 0.25) is 0 Å². The van der Waals surface area contributed by atoms with Gasteiger partial charge >= 0.3 is 0 Å². The first kappa shape index (κ1) is 16.1. The Morgan fingerprint density at radius 2 is 1.81 bits per heavy atom. The second-order valence-electron chi connectivity index (χ2n) is 7.82. The van der Waals surface area contributed by atoms with Crippen molar-refractivity contribution in [3.05, 3.63) is 59.7 Å². The highest BCUT2D eigenvalue weighted by Crippen LogP contribution is 2.35. The Kier molecular flexibility index (Phi) is 3.87. The third-order valence-electron chi connectivity index (χ3n) is 5.98. The highest BCUT2D eigenvalue weighted by molar-refractivity contribution is 6.05. The molecule has 0 bridgehead atoms. The number of ether oxygens (including phenoxy) is 1. The van der Waals surface area contributed by atoms with Gasteiger partial charge in [-0.1, -0.05) is 48.0 Å². The summed E-state index contributed by atoms with van der Waals surface area (Å²) in [6, 6.07) is 14.8. The molecule has 0 N–H and O–H groups in total. The van der Waals surface area contributed by atoms with Crippen molar-refractivity contribution in [3.8, 4) is 0 Å². The van der Waals surface area contributed by atoms with Gasteiger partial charge in [-0.05, 0) is 32.3 Å². The number of fused-ring (bicyclic) bond motifs is 3. The summed E-state index contributed by atoms with van der Waals surface area (Å²) in [7, 11) is 0. The molecule has 0 radical (unpaired) electrons. The van der Waals surface area contributed by atoms with Gasteiger partial charge in [0.25, 0.3) is 0 Å². The highest BCUT2D eigenvalue weighted by atomic mass is 16.5. The first-order chi connectivity index (χ1) is 12.7. The number of nitrogens with zero attached hydrogens (tertiary/aromatic N) is 1. The molecule has 1 saturated heterocycles. The molecule has 0 atom stereocenters. The molecule has 0 saturated carbocycles. The summed E-state index contributed by atoms with van der Waals surface area (Å²) in [5, 5.41) is 2.43. The first-order valence-corrected chi connectivity index (χ1v) is 9.66. The van der Waals surface area contributed by atoms with Gasteiger partial charge in [-0.2, -0.15) is 0 Å². The lowest BCUT2D eigenvalue weighted by Gasteiger charge is -2.42. The minimum absolute atomic E-state index is 0.00972. The molecule has 1 fully saturated rings. The van der Waals surface area contributed by atoms with Crippen molar-refractivity contribution in [3.63, 3.8) is 0 Å². The van der Waals surface area contributed by atoms with Crippen molar-refractivity contribution in [2.75, 3.05) is 19.7 Å². The maximum atomic E-state index is 6.19. The highest BCUT2D eigenvalue weighted by Gasteiger charge is 2.35. The van der Waals surface area contributed by atoms with Crippen LogP contribution in [-0.4, -0.2) is 30.2 Å². The molecule has 2 aliphatic heterocycles. The Labute approximate surface area is 154 Å². The Morgan fingerprint density at radius 1 is 1.00 bits per heavy atom. The average molecular weight is 347 g/mol. The molecule has 3 nitrogen and oxygen atoms in total. The van der Waals surface area contributed by atoms with Crippen molar-refractivity contribution in [1.29, 1.82) is 0 Å². The minimum atomic E-state index is -0.00972. The predicted octanol–water partition coefficient (Wildman–Crippen LogP) is 5.29. The van der Waals surface area contributed by atoms with Crippen LogP contribution in [0.25, 0.3) is 21.9 Å². The van der Waals surface area contributed by atoms with Crippen LogP contribution in [0.3, 0.4) is 0 Å². The Bertz CT molecular complexity index is 976. The van der Waals surface area contributed by atoms with Gasteiger partial charge in [0.1, 0.15) is 11.2 Å². The Hall–Kier alpha value is -2.10. The lowest BCUT2D eigenvalue weighted by Crippen LogP contribution is -2.46. The van der Waals surface area contributed by atoms with Crippen LogP contribution in [0.15, 0.2) is 58.5 Å². The number of piperidine rings is 1. The van der Waals surface area contributed by atoms with E-state index in [4.69, 9.17) is 9.15 Å². The van der Waals surface area contributed by atoms with Crippen LogP contribution in [0.5, 0.6) is 0 Å². The minimum Gasteiger partial charge on any atom is -0.456 e. The summed E-state index contributed by atoms with van der Waals surface area (Å²) in [6.45, 7) is 6.19. The van der Waals surface area contributed by atoms with Crippen molar-refractivity contribution in [1.82, 2.24) is 4.90 Å². The second kappa shape index (κ2) is 6.26. The number of furan rings is 1. The zero-order valence-corrected chi connectivity index (χ0v) is 15.3. The molecule has 0 amide bonds. The summed E-state index contributed by atoms with van der Waals surface area (Å²) in [5.41, 5.74) is 4.77. The van der Waals surface area contributed by atoms with Crippen molar-refractivity contribution in [2.45, 2.75) is 38.3 Å². The molecule has 134 valence electrons. The Morgan fingerprint density at radius 3 is 2.65 bits per heavy atom. The van der Waals surface area contributed by atoms with Gasteiger partial charge in [0.15, 0.2) is 0 Å². The molecule has 3 heterocycles. The van der Waals surface area contributed by atoms with Gasteiger partial charge in [-0.3, -0.25) is 4.90 Å². The normalized spacial score (nSPS) is 20.7. The van der Waals surface area contributed by atoms with E-state index in [1.54, 1.807) is 0 Å². The van der Waals surface area contributed by atoms with E-state index in [2.05, 4.69) is 54.3 Å². The van der Waals surface area contributed by atoms with E-state index in [9.17, 15) is 0 Å². The van der Waals surface area contributed by atoms with Crippen LogP contribution in [0.1, 0.15) is 31.7 Å². The molecule has 26 heavy (non-hydrogen) atoms. The third kappa shape index (κ3) is 2.76. The SMILES string of the molecule is CC1=CC2(CCN(Cc3cccc4c3oc3ccccc34)CC2)OCC1. The lowest BCUT2D eigenvalue weighted by atomic mass is 9.87. The standard InChI is InChI=1S/C23H25NO2/c1-17-9-14-25-23(15-17)10-12-24(13-11-23)16-18-5-4-7-20-19-6-2-3-8-21(19)26-22(18)20/h2-8,15H,9-14,16H2,1H3. The fraction of sp³-hybridized carbons (Fsp3) is 0.391. The monoisotopic (exact) mass is 347 g/mol. The molecule has 5 rings (SSSR count). The molecule has 2 aromatic carbocycles. The van der Waals surface area contributed by atoms with Gasteiger partial charge in [-0.15, -0.1) is 0 Å². The number of likely N-dealkylation sites (tertiary alicyclic amines) is 1. The van der Waals surface area contributed by atoms with E-state index < -0.39 is 0 Å². The number of hydrogen-bond donors (Lipinski definition) is 0. The molecule has 2 aliphatic rings. The Balaban J connectivity index is 1.38. The second-order valence-corrected chi connectivity index (χ2v) is 7.82. The molecule has 1 spiro atoms. The van der Waals surface area contributed by atoms with Crippen LogP contribution in [0, 0.1) is 0 Å². The molecule has 3 aromatic rings. The topological polar surface area (TPSA) is 25.6 Å². The molecule has 3 heteroatoms. The molecular formula is C23H25NO2. The number of benzene rings is 2. The van der Waals surface area contributed by atoms with Crippen molar-refractivity contribution < 1.29 is 9.15 Å². The van der Waals surface area contributed by atoms with E-state index in [0.717, 1.165) is 56.7 Å². The van der Waals surface area contributed by atoms with E-state index >= 15 is 0 Å². The molecule has 0 aliphatic carbocycles. The van der Waals surface area contributed by atoms with Crippen LogP contribution >= 0.6 is 0 Å².